The molecule has 0 radical (unpaired) electrons. The molecule has 1 fully saturated rings. The molecule has 0 aromatic heterocycles. The van der Waals surface area contributed by atoms with Gasteiger partial charge in [0.05, 0.1) is 12.1 Å². The summed E-state index contributed by atoms with van der Waals surface area (Å²) in [5, 5.41) is 6.08. The number of benzene rings is 1. The molecule has 1 amide bonds. The highest BCUT2D eigenvalue weighted by atomic mass is 19.4. The number of nitrogens with one attached hydrogen (secondary N) is 2. The molecule has 2 N–H and O–H groups in total. The number of rotatable bonds is 6. The number of hydrogen-bond donors (Lipinski definition) is 2. The molecule has 2 rings (SSSR count). The van der Waals surface area contributed by atoms with Gasteiger partial charge in [-0.3, -0.25) is 9.79 Å². The number of carbonyl (C=O) groups is 1. The Balaban J connectivity index is 1.93. The average molecular weight is 413 g/mol. The fraction of sp³-hybridized carbons (Fsp3) is 0.600. The van der Waals surface area contributed by atoms with Crippen LogP contribution in [0.3, 0.4) is 0 Å². The van der Waals surface area contributed by atoms with E-state index in [1.54, 1.807) is 6.07 Å². The standard InChI is InChI=1S/C20H30F3N5O/c1-4-24-19(26-9-8-25-18(29)15(2)3)28-12-10-27(11-13-28)17-7-5-6-16(14-17)20(21,22)23/h5-7,14-15H,4,8-13H2,1-3H3,(H,24,26)(H,25,29). The molecule has 1 aromatic rings. The van der Waals surface area contributed by atoms with Crippen LogP contribution in [0, 0.1) is 5.92 Å². The maximum atomic E-state index is 13.0. The van der Waals surface area contributed by atoms with Gasteiger partial charge in [0.2, 0.25) is 5.91 Å². The summed E-state index contributed by atoms with van der Waals surface area (Å²) in [5.74, 6) is 0.700. The highest BCUT2D eigenvalue weighted by Crippen LogP contribution is 2.31. The molecule has 29 heavy (non-hydrogen) atoms. The van der Waals surface area contributed by atoms with Gasteiger partial charge < -0.3 is 20.4 Å². The lowest BCUT2D eigenvalue weighted by Gasteiger charge is -2.38. The smallest absolute Gasteiger partial charge is 0.368 e. The number of piperazine rings is 1. The summed E-state index contributed by atoms with van der Waals surface area (Å²) in [4.78, 5) is 20.2. The molecule has 162 valence electrons. The summed E-state index contributed by atoms with van der Waals surface area (Å²) < 4.78 is 38.9. The van der Waals surface area contributed by atoms with E-state index in [-0.39, 0.29) is 11.8 Å². The second-order valence-corrected chi connectivity index (χ2v) is 7.20. The molecule has 0 saturated carbocycles. The molecule has 0 spiro atoms. The van der Waals surface area contributed by atoms with Crippen molar-refractivity contribution in [3.8, 4) is 0 Å². The quantitative estimate of drug-likeness (QED) is 0.428. The zero-order valence-corrected chi connectivity index (χ0v) is 17.2. The third kappa shape index (κ3) is 6.83. The second kappa shape index (κ2) is 10.4. The summed E-state index contributed by atoms with van der Waals surface area (Å²) >= 11 is 0. The molecular weight excluding hydrogens is 383 g/mol. The highest BCUT2D eigenvalue weighted by Gasteiger charge is 2.31. The van der Waals surface area contributed by atoms with Crippen LogP contribution in [0.5, 0.6) is 0 Å². The number of anilines is 1. The first-order valence-electron chi connectivity index (χ1n) is 9.95. The van der Waals surface area contributed by atoms with Gasteiger partial charge in [0.25, 0.3) is 0 Å². The Morgan fingerprint density at radius 2 is 1.86 bits per heavy atom. The summed E-state index contributed by atoms with van der Waals surface area (Å²) in [7, 11) is 0. The van der Waals surface area contributed by atoms with Gasteiger partial charge in [-0.25, -0.2) is 0 Å². The van der Waals surface area contributed by atoms with E-state index >= 15 is 0 Å². The van der Waals surface area contributed by atoms with E-state index in [4.69, 9.17) is 0 Å². The van der Waals surface area contributed by atoms with E-state index in [1.807, 2.05) is 25.7 Å². The van der Waals surface area contributed by atoms with Gasteiger partial charge in [0.15, 0.2) is 5.96 Å². The van der Waals surface area contributed by atoms with Crippen LogP contribution < -0.4 is 15.5 Å². The van der Waals surface area contributed by atoms with E-state index in [0.29, 0.717) is 51.5 Å². The number of halogens is 3. The Hall–Kier alpha value is -2.45. The lowest BCUT2D eigenvalue weighted by Crippen LogP contribution is -2.52. The van der Waals surface area contributed by atoms with Crippen LogP contribution in [0.2, 0.25) is 0 Å². The van der Waals surface area contributed by atoms with Crippen molar-refractivity contribution >= 4 is 17.6 Å². The fourth-order valence-electron chi connectivity index (χ4n) is 3.03. The highest BCUT2D eigenvalue weighted by molar-refractivity contribution is 5.80. The molecule has 1 saturated heterocycles. The Labute approximate surface area is 170 Å². The number of aliphatic imine (C=N–C) groups is 1. The van der Waals surface area contributed by atoms with Gasteiger partial charge in [-0.2, -0.15) is 13.2 Å². The van der Waals surface area contributed by atoms with Crippen LogP contribution in [0.15, 0.2) is 29.3 Å². The summed E-state index contributed by atoms with van der Waals surface area (Å²) in [6, 6.07) is 5.45. The molecule has 1 heterocycles. The molecule has 1 aliphatic heterocycles. The number of alkyl halides is 3. The van der Waals surface area contributed by atoms with Gasteiger partial charge in [-0.1, -0.05) is 19.9 Å². The maximum Gasteiger partial charge on any atom is 0.416 e. The molecule has 0 atom stereocenters. The zero-order chi connectivity index (χ0) is 21.4. The monoisotopic (exact) mass is 413 g/mol. The first kappa shape index (κ1) is 22.8. The summed E-state index contributed by atoms with van der Waals surface area (Å²) in [6.45, 7) is 9.83. The molecule has 1 aromatic carbocycles. The van der Waals surface area contributed by atoms with Crippen molar-refractivity contribution in [1.82, 2.24) is 15.5 Å². The lowest BCUT2D eigenvalue weighted by atomic mass is 10.1. The molecular formula is C20H30F3N5O. The van der Waals surface area contributed by atoms with Crippen LogP contribution in [-0.2, 0) is 11.0 Å². The third-order valence-corrected chi connectivity index (χ3v) is 4.65. The maximum absolute atomic E-state index is 13.0. The SMILES string of the molecule is CCNC(=NCCNC(=O)C(C)C)N1CCN(c2cccc(C(F)(F)F)c2)CC1. The fourth-order valence-corrected chi connectivity index (χ4v) is 3.03. The van der Waals surface area contributed by atoms with Gasteiger partial charge in [0.1, 0.15) is 0 Å². The Kier molecular flexibility index (Phi) is 8.16. The number of carbonyl (C=O) groups excluding carboxylic acids is 1. The molecule has 1 aliphatic rings. The van der Waals surface area contributed by atoms with Gasteiger partial charge in [0, 0.05) is 50.9 Å². The predicted octanol–water partition coefficient (Wildman–Crippen LogP) is 2.57. The van der Waals surface area contributed by atoms with Crippen LogP contribution in [-0.4, -0.2) is 62.6 Å². The van der Waals surface area contributed by atoms with Gasteiger partial charge >= 0.3 is 6.18 Å². The summed E-state index contributed by atoms with van der Waals surface area (Å²) in [5.41, 5.74) is -0.0476. The number of amides is 1. The van der Waals surface area contributed by atoms with Gasteiger partial charge in [-0.05, 0) is 25.1 Å². The summed E-state index contributed by atoms with van der Waals surface area (Å²) in [6.07, 6.45) is -4.34. The molecule has 0 unspecified atom stereocenters. The first-order valence-corrected chi connectivity index (χ1v) is 9.95. The number of guanidine groups is 1. The second-order valence-electron chi connectivity index (χ2n) is 7.20. The largest absolute Gasteiger partial charge is 0.416 e. The van der Waals surface area contributed by atoms with Gasteiger partial charge in [-0.15, -0.1) is 0 Å². The van der Waals surface area contributed by atoms with Crippen molar-refractivity contribution in [2.45, 2.75) is 26.9 Å². The third-order valence-electron chi connectivity index (χ3n) is 4.65. The predicted molar refractivity (Wildman–Crippen MR) is 109 cm³/mol. The van der Waals surface area contributed by atoms with E-state index in [0.717, 1.165) is 12.0 Å². The Morgan fingerprint density at radius 1 is 1.17 bits per heavy atom. The van der Waals surface area contributed by atoms with Crippen molar-refractivity contribution in [3.63, 3.8) is 0 Å². The Bertz CT molecular complexity index is 698. The van der Waals surface area contributed by atoms with E-state index in [9.17, 15) is 18.0 Å². The zero-order valence-electron chi connectivity index (χ0n) is 17.2. The van der Waals surface area contributed by atoms with Crippen molar-refractivity contribution < 1.29 is 18.0 Å². The van der Waals surface area contributed by atoms with Crippen molar-refractivity contribution in [2.24, 2.45) is 10.9 Å². The molecule has 6 nitrogen and oxygen atoms in total. The molecule has 9 heteroatoms. The van der Waals surface area contributed by atoms with Crippen LogP contribution in [0.4, 0.5) is 18.9 Å². The van der Waals surface area contributed by atoms with E-state index in [1.165, 1.54) is 12.1 Å². The minimum atomic E-state index is -4.34. The molecule has 0 bridgehead atoms. The number of nitrogens with zero attached hydrogens (tertiary/aromatic N) is 3. The lowest BCUT2D eigenvalue weighted by molar-refractivity contribution is -0.137. The minimum Gasteiger partial charge on any atom is -0.368 e. The van der Waals surface area contributed by atoms with Crippen LogP contribution in [0.1, 0.15) is 26.3 Å². The van der Waals surface area contributed by atoms with E-state index in [2.05, 4.69) is 20.5 Å². The first-order chi connectivity index (χ1) is 13.7. The Morgan fingerprint density at radius 3 is 2.45 bits per heavy atom. The molecule has 0 aliphatic carbocycles. The minimum absolute atomic E-state index is 0.0000905. The van der Waals surface area contributed by atoms with Crippen molar-refractivity contribution in [3.05, 3.63) is 29.8 Å². The van der Waals surface area contributed by atoms with Crippen LogP contribution in [0.25, 0.3) is 0 Å². The van der Waals surface area contributed by atoms with Crippen molar-refractivity contribution in [1.29, 1.82) is 0 Å². The number of hydrogen-bond acceptors (Lipinski definition) is 3. The van der Waals surface area contributed by atoms with Crippen molar-refractivity contribution in [2.75, 3.05) is 50.7 Å². The van der Waals surface area contributed by atoms with E-state index < -0.39 is 11.7 Å². The topological polar surface area (TPSA) is 60.0 Å². The normalized spacial score (nSPS) is 15.6. The average Bonchev–Trinajstić information content (AvgIpc) is 2.69. The van der Waals surface area contributed by atoms with Crippen LogP contribution >= 0.6 is 0 Å².